The SMILES string of the molecule is CCCCCCCCCCCCCC#CCCc1ccccc1N=C(CCCC)C(CCCCCC)=Nc1ccccc1CCC#CCCCCCCCCCCCCC. The molecular formula is C58H92N2. The molecule has 0 unspecified atom stereocenters. The number of benzene rings is 2. The van der Waals surface area contributed by atoms with Crippen LogP contribution in [0.4, 0.5) is 11.4 Å². The van der Waals surface area contributed by atoms with Gasteiger partial charge in [-0.1, -0.05) is 218 Å². The van der Waals surface area contributed by atoms with E-state index in [0.29, 0.717) is 0 Å². The van der Waals surface area contributed by atoms with Crippen molar-refractivity contribution in [2.75, 3.05) is 0 Å². The van der Waals surface area contributed by atoms with E-state index in [2.05, 4.69) is 99.9 Å². The molecular weight excluding hydrogens is 725 g/mol. The highest BCUT2D eigenvalue weighted by molar-refractivity contribution is 6.43. The molecule has 0 atom stereocenters. The Balaban J connectivity index is 2.00. The van der Waals surface area contributed by atoms with E-state index in [1.165, 1.54) is 183 Å². The van der Waals surface area contributed by atoms with Gasteiger partial charge in [0.25, 0.3) is 0 Å². The predicted molar refractivity (Wildman–Crippen MR) is 270 cm³/mol. The summed E-state index contributed by atoms with van der Waals surface area (Å²) < 4.78 is 0. The molecule has 2 heteroatoms. The number of aliphatic imine (C=N–C) groups is 2. The van der Waals surface area contributed by atoms with Gasteiger partial charge in [0, 0.05) is 25.7 Å². The van der Waals surface area contributed by atoms with Crippen LogP contribution in [0.5, 0.6) is 0 Å². The van der Waals surface area contributed by atoms with Crippen molar-refractivity contribution in [3.63, 3.8) is 0 Å². The van der Waals surface area contributed by atoms with Gasteiger partial charge in [-0.25, -0.2) is 0 Å². The Morgan fingerprint density at radius 3 is 1.02 bits per heavy atom. The minimum atomic E-state index is 0.891. The van der Waals surface area contributed by atoms with E-state index in [0.717, 1.165) is 82.0 Å². The van der Waals surface area contributed by atoms with Gasteiger partial charge in [0.05, 0.1) is 22.8 Å². The van der Waals surface area contributed by atoms with E-state index in [1.807, 2.05) is 0 Å². The summed E-state index contributed by atoms with van der Waals surface area (Å²) in [6, 6.07) is 17.5. The first-order valence-corrected chi connectivity index (χ1v) is 26.0. The molecule has 60 heavy (non-hydrogen) atoms. The van der Waals surface area contributed by atoms with Crippen LogP contribution in [0.2, 0.25) is 0 Å². The van der Waals surface area contributed by atoms with Crippen molar-refractivity contribution in [1.29, 1.82) is 0 Å². The monoisotopic (exact) mass is 817 g/mol. The number of hydrogen-bond acceptors (Lipinski definition) is 2. The highest BCUT2D eigenvalue weighted by Crippen LogP contribution is 2.26. The van der Waals surface area contributed by atoms with Crippen molar-refractivity contribution in [2.45, 2.75) is 259 Å². The van der Waals surface area contributed by atoms with Crippen LogP contribution in [0.1, 0.15) is 257 Å². The topological polar surface area (TPSA) is 24.7 Å². The molecule has 0 fully saturated rings. The fraction of sp³-hybridized carbons (Fsp3) is 0.690. The minimum Gasteiger partial charge on any atom is -0.251 e. The summed E-state index contributed by atoms with van der Waals surface area (Å²) in [5.41, 5.74) is 7.14. The van der Waals surface area contributed by atoms with Crippen molar-refractivity contribution in [3.8, 4) is 23.7 Å². The Morgan fingerprint density at radius 1 is 0.333 bits per heavy atom. The van der Waals surface area contributed by atoms with Crippen LogP contribution in [-0.4, -0.2) is 11.4 Å². The molecule has 334 valence electrons. The summed E-state index contributed by atoms with van der Waals surface area (Å²) >= 11 is 0. The van der Waals surface area contributed by atoms with E-state index in [9.17, 15) is 0 Å². The van der Waals surface area contributed by atoms with Crippen molar-refractivity contribution in [3.05, 3.63) is 59.7 Å². The largest absolute Gasteiger partial charge is 0.251 e. The number of rotatable bonds is 37. The van der Waals surface area contributed by atoms with Crippen LogP contribution in [0, 0.1) is 23.7 Å². The molecule has 0 saturated heterocycles. The van der Waals surface area contributed by atoms with Crippen LogP contribution < -0.4 is 0 Å². The Hall–Kier alpha value is -3.10. The molecule has 0 spiro atoms. The first kappa shape index (κ1) is 53.0. The van der Waals surface area contributed by atoms with Crippen LogP contribution >= 0.6 is 0 Å². The van der Waals surface area contributed by atoms with Crippen molar-refractivity contribution < 1.29 is 0 Å². The van der Waals surface area contributed by atoms with Gasteiger partial charge in [-0.05, 0) is 74.6 Å². The molecule has 0 aliphatic carbocycles. The normalized spacial score (nSPS) is 11.7. The Labute approximate surface area is 373 Å². The number of nitrogens with zero attached hydrogens (tertiary/aromatic N) is 2. The number of hydrogen-bond donors (Lipinski definition) is 0. The van der Waals surface area contributed by atoms with E-state index in [1.54, 1.807) is 0 Å². The molecule has 0 amide bonds. The number of para-hydroxylation sites is 2. The van der Waals surface area contributed by atoms with Crippen molar-refractivity contribution >= 4 is 22.8 Å². The zero-order valence-corrected chi connectivity index (χ0v) is 40.0. The zero-order chi connectivity index (χ0) is 42.8. The summed E-state index contributed by atoms with van der Waals surface area (Å²) in [6.07, 6.45) is 45.2. The third-order valence-electron chi connectivity index (χ3n) is 12.0. The molecule has 0 aromatic heterocycles. The quantitative estimate of drug-likeness (QED) is 0.0369. The molecule has 2 aromatic rings. The highest BCUT2D eigenvalue weighted by atomic mass is 14.8. The highest BCUT2D eigenvalue weighted by Gasteiger charge is 2.13. The summed E-state index contributed by atoms with van der Waals surface area (Å²) in [4.78, 5) is 11.0. The molecule has 0 radical (unpaired) electrons. The zero-order valence-electron chi connectivity index (χ0n) is 40.0. The maximum absolute atomic E-state index is 5.48. The lowest BCUT2D eigenvalue weighted by Crippen LogP contribution is -2.15. The molecule has 0 bridgehead atoms. The number of aryl methyl sites for hydroxylation is 2. The van der Waals surface area contributed by atoms with Gasteiger partial charge in [0.15, 0.2) is 0 Å². The van der Waals surface area contributed by atoms with Crippen molar-refractivity contribution in [2.24, 2.45) is 9.98 Å². The third kappa shape index (κ3) is 28.4. The average molecular weight is 817 g/mol. The van der Waals surface area contributed by atoms with Gasteiger partial charge in [-0.15, -0.1) is 23.7 Å². The standard InChI is InChI=1S/C58H92N2/c1-5-9-13-16-18-20-22-24-26-28-30-32-34-36-38-45-53-47-41-43-50-55(53)59-57(49-12-8-4)58(52-40-15-11-7-3)60-56-51-44-42-48-54(56)46-39-37-35-33-31-29-27-25-23-21-19-17-14-10-6-2/h41-44,47-48,50-51H,5-33,38-40,45-46,49,52H2,1-4H3. The lowest BCUT2D eigenvalue weighted by Gasteiger charge is -2.14. The molecule has 0 N–H and O–H groups in total. The van der Waals surface area contributed by atoms with Gasteiger partial charge < -0.3 is 0 Å². The predicted octanol–water partition coefficient (Wildman–Crippen LogP) is 19.0. The Bertz CT molecular complexity index is 1490. The van der Waals surface area contributed by atoms with Crippen LogP contribution in [0.25, 0.3) is 0 Å². The minimum absolute atomic E-state index is 0.891. The second kappa shape index (κ2) is 40.0. The van der Waals surface area contributed by atoms with E-state index < -0.39 is 0 Å². The second-order valence-electron chi connectivity index (χ2n) is 17.6. The smallest absolute Gasteiger partial charge is 0.0666 e. The van der Waals surface area contributed by atoms with Crippen LogP contribution in [0.15, 0.2) is 58.5 Å². The van der Waals surface area contributed by atoms with Crippen molar-refractivity contribution in [1.82, 2.24) is 0 Å². The van der Waals surface area contributed by atoms with Gasteiger partial charge in [0.1, 0.15) is 0 Å². The molecule has 2 aromatic carbocycles. The van der Waals surface area contributed by atoms with Crippen LogP contribution in [0.3, 0.4) is 0 Å². The van der Waals surface area contributed by atoms with Crippen LogP contribution in [-0.2, 0) is 12.8 Å². The molecule has 2 nitrogen and oxygen atoms in total. The maximum Gasteiger partial charge on any atom is 0.0666 e. The Kier molecular flexibility index (Phi) is 35.4. The maximum atomic E-state index is 5.48. The first-order valence-electron chi connectivity index (χ1n) is 26.0. The fourth-order valence-electron chi connectivity index (χ4n) is 8.05. The summed E-state index contributed by atoms with van der Waals surface area (Å²) in [6.45, 7) is 9.17. The summed E-state index contributed by atoms with van der Waals surface area (Å²) in [5.74, 6) is 14.0. The van der Waals surface area contributed by atoms with Gasteiger partial charge in [-0.2, -0.15) is 0 Å². The lowest BCUT2D eigenvalue weighted by atomic mass is 10.0. The van der Waals surface area contributed by atoms with Gasteiger partial charge >= 0.3 is 0 Å². The average Bonchev–Trinajstić information content (AvgIpc) is 3.27. The van der Waals surface area contributed by atoms with Gasteiger partial charge in [0.2, 0.25) is 0 Å². The van der Waals surface area contributed by atoms with Gasteiger partial charge in [-0.3, -0.25) is 9.98 Å². The molecule has 0 heterocycles. The summed E-state index contributed by atoms with van der Waals surface area (Å²) in [5, 5.41) is 0. The Morgan fingerprint density at radius 2 is 0.633 bits per heavy atom. The molecule has 0 aliphatic heterocycles. The first-order chi connectivity index (χ1) is 29.7. The van der Waals surface area contributed by atoms with E-state index >= 15 is 0 Å². The number of unbranched alkanes of at least 4 members (excludes halogenated alkanes) is 26. The lowest BCUT2D eigenvalue weighted by molar-refractivity contribution is 0.551. The summed E-state index contributed by atoms with van der Waals surface area (Å²) in [7, 11) is 0. The molecule has 0 saturated carbocycles. The third-order valence-corrected chi connectivity index (χ3v) is 12.0. The molecule has 2 rings (SSSR count). The van der Waals surface area contributed by atoms with E-state index in [4.69, 9.17) is 9.98 Å². The fourth-order valence-corrected chi connectivity index (χ4v) is 8.05. The molecule has 0 aliphatic rings. The second-order valence-corrected chi connectivity index (χ2v) is 17.6. The van der Waals surface area contributed by atoms with E-state index in [-0.39, 0.29) is 0 Å².